The molecule has 1 N–H and O–H groups in total. The number of nitrogens with one attached hydrogen (secondary N) is 1. The topological polar surface area (TPSA) is 52.7 Å². The molecule has 1 atom stereocenters. The van der Waals surface area contributed by atoms with Crippen LogP contribution < -0.4 is 10.2 Å². The molecule has 0 saturated heterocycles. The van der Waals surface area contributed by atoms with Crippen molar-refractivity contribution in [2.45, 2.75) is 13.0 Å². The number of anilines is 1. The summed E-state index contributed by atoms with van der Waals surface area (Å²) in [5.41, 5.74) is 4.08. The van der Waals surface area contributed by atoms with Crippen molar-refractivity contribution in [1.82, 2.24) is 10.2 Å². The molecule has 4 rings (SSSR count). The van der Waals surface area contributed by atoms with E-state index in [2.05, 4.69) is 5.32 Å². The number of likely N-dealkylation sites (N-methyl/N-ethyl adjacent to an activating group) is 1. The number of rotatable bonds is 2. The molecule has 1 unspecified atom stereocenters. The first-order chi connectivity index (χ1) is 12.5. The lowest BCUT2D eigenvalue weighted by atomic mass is 9.95. The molecule has 5 nitrogen and oxygen atoms in total. The Bertz CT molecular complexity index is 936. The highest BCUT2D eigenvalue weighted by Gasteiger charge is 2.43. The summed E-state index contributed by atoms with van der Waals surface area (Å²) >= 11 is 6.09. The molecule has 6 heteroatoms. The van der Waals surface area contributed by atoms with Gasteiger partial charge in [0, 0.05) is 17.8 Å². The first-order valence-corrected chi connectivity index (χ1v) is 8.75. The van der Waals surface area contributed by atoms with Crippen molar-refractivity contribution in [3.05, 3.63) is 76.0 Å². The summed E-state index contributed by atoms with van der Waals surface area (Å²) in [6.07, 6.45) is 0. The van der Waals surface area contributed by atoms with E-state index in [1.54, 1.807) is 24.1 Å². The molecule has 0 aromatic heterocycles. The summed E-state index contributed by atoms with van der Waals surface area (Å²) in [5.74, 6) is -0.111. The van der Waals surface area contributed by atoms with Crippen LogP contribution >= 0.6 is 11.6 Å². The molecular weight excluding hydrogens is 350 g/mol. The lowest BCUT2D eigenvalue weighted by molar-refractivity contribution is -0.114. The lowest BCUT2D eigenvalue weighted by Gasteiger charge is -2.31. The van der Waals surface area contributed by atoms with Gasteiger partial charge in [-0.2, -0.15) is 0 Å². The van der Waals surface area contributed by atoms with Crippen LogP contribution in [0.5, 0.6) is 0 Å². The SMILES string of the molecule is Cc1ccc(C2NC(=O)N(C)C3=C2C(=O)N(c2cccc(Cl)c2)C3)cc1. The molecule has 26 heavy (non-hydrogen) atoms. The molecule has 0 fully saturated rings. The minimum absolute atomic E-state index is 0.111. The van der Waals surface area contributed by atoms with Gasteiger partial charge in [-0.15, -0.1) is 0 Å². The normalized spacial score (nSPS) is 19.7. The fourth-order valence-electron chi connectivity index (χ4n) is 3.43. The van der Waals surface area contributed by atoms with Gasteiger partial charge in [0.25, 0.3) is 5.91 Å². The predicted octanol–water partition coefficient (Wildman–Crippen LogP) is 3.65. The van der Waals surface area contributed by atoms with Crippen LogP contribution in [-0.4, -0.2) is 30.4 Å². The van der Waals surface area contributed by atoms with E-state index < -0.39 is 6.04 Å². The van der Waals surface area contributed by atoms with Crippen LogP contribution in [-0.2, 0) is 4.79 Å². The third kappa shape index (κ3) is 2.65. The number of aryl methyl sites for hydroxylation is 1. The standard InChI is InChI=1S/C20H18ClN3O2/c1-12-6-8-13(9-7-12)18-17-16(23(2)20(26)22-18)11-24(19(17)25)15-5-3-4-14(21)10-15/h3-10,18H,11H2,1-2H3,(H,22,26). The van der Waals surface area contributed by atoms with Gasteiger partial charge in [-0.1, -0.05) is 47.5 Å². The van der Waals surface area contributed by atoms with Crippen molar-refractivity contribution in [1.29, 1.82) is 0 Å². The van der Waals surface area contributed by atoms with Gasteiger partial charge < -0.3 is 10.2 Å². The first-order valence-electron chi connectivity index (χ1n) is 8.37. The van der Waals surface area contributed by atoms with E-state index in [4.69, 9.17) is 11.6 Å². The lowest BCUT2D eigenvalue weighted by Crippen LogP contribution is -2.45. The van der Waals surface area contributed by atoms with Crippen molar-refractivity contribution in [3.63, 3.8) is 0 Å². The summed E-state index contributed by atoms with van der Waals surface area (Å²) in [4.78, 5) is 28.8. The fraction of sp³-hybridized carbons (Fsp3) is 0.200. The van der Waals surface area contributed by atoms with Gasteiger partial charge in [-0.3, -0.25) is 9.69 Å². The van der Waals surface area contributed by atoms with E-state index in [0.717, 1.165) is 22.5 Å². The third-order valence-electron chi connectivity index (χ3n) is 4.89. The quantitative estimate of drug-likeness (QED) is 0.880. The maximum atomic E-state index is 13.2. The average Bonchev–Trinajstić information content (AvgIpc) is 2.97. The second kappa shape index (κ2) is 6.18. The van der Waals surface area contributed by atoms with Crippen LogP contribution in [0.2, 0.25) is 5.02 Å². The summed E-state index contributed by atoms with van der Waals surface area (Å²) in [6, 6.07) is 14.4. The van der Waals surface area contributed by atoms with Crippen molar-refractivity contribution in [2.24, 2.45) is 0 Å². The molecule has 0 aliphatic carbocycles. The Balaban J connectivity index is 1.76. The molecule has 2 aliphatic rings. The number of halogens is 1. The second-order valence-corrected chi connectivity index (χ2v) is 7.02. The van der Waals surface area contributed by atoms with Crippen molar-refractivity contribution in [2.75, 3.05) is 18.5 Å². The van der Waals surface area contributed by atoms with Crippen molar-refractivity contribution < 1.29 is 9.59 Å². The molecule has 0 bridgehead atoms. The van der Waals surface area contributed by atoms with E-state index >= 15 is 0 Å². The molecule has 2 aromatic carbocycles. The number of hydrogen-bond donors (Lipinski definition) is 1. The molecule has 2 heterocycles. The molecule has 0 saturated carbocycles. The van der Waals surface area contributed by atoms with Gasteiger partial charge >= 0.3 is 6.03 Å². The van der Waals surface area contributed by atoms with Gasteiger partial charge in [-0.05, 0) is 30.7 Å². The maximum absolute atomic E-state index is 13.2. The molecule has 0 radical (unpaired) electrons. The minimum Gasteiger partial charge on any atom is -0.327 e. The van der Waals surface area contributed by atoms with Crippen LogP contribution in [0.15, 0.2) is 59.8 Å². The number of carbonyl (C=O) groups is 2. The second-order valence-electron chi connectivity index (χ2n) is 6.58. The number of carbonyl (C=O) groups excluding carboxylic acids is 2. The molecule has 132 valence electrons. The monoisotopic (exact) mass is 367 g/mol. The number of nitrogens with zero attached hydrogens (tertiary/aromatic N) is 2. The Morgan fingerprint density at radius 1 is 1.12 bits per heavy atom. The van der Waals surface area contributed by atoms with Gasteiger partial charge in [0.2, 0.25) is 0 Å². The molecule has 3 amide bonds. The van der Waals surface area contributed by atoms with Gasteiger partial charge in [0.1, 0.15) is 0 Å². The highest BCUT2D eigenvalue weighted by molar-refractivity contribution is 6.31. The Morgan fingerprint density at radius 2 is 1.85 bits per heavy atom. The van der Waals surface area contributed by atoms with Gasteiger partial charge in [0.05, 0.1) is 23.9 Å². The van der Waals surface area contributed by atoms with Crippen LogP contribution in [0.1, 0.15) is 17.2 Å². The number of benzene rings is 2. The Kier molecular flexibility index (Phi) is 3.96. The van der Waals surface area contributed by atoms with E-state index in [1.165, 1.54) is 4.90 Å². The number of urea groups is 1. The number of hydrogen-bond acceptors (Lipinski definition) is 2. The maximum Gasteiger partial charge on any atom is 0.322 e. The Hall–Kier alpha value is -2.79. The highest BCUT2D eigenvalue weighted by Crippen LogP contribution is 2.37. The highest BCUT2D eigenvalue weighted by atomic mass is 35.5. The van der Waals surface area contributed by atoms with Gasteiger partial charge in [-0.25, -0.2) is 4.79 Å². The Morgan fingerprint density at radius 3 is 2.54 bits per heavy atom. The van der Waals surface area contributed by atoms with Crippen LogP contribution in [0.4, 0.5) is 10.5 Å². The molecule has 0 spiro atoms. The van der Waals surface area contributed by atoms with Crippen molar-refractivity contribution >= 4 is 29.2 Å². The smallest absolute Gasteiger partial charge is 0.322 e. The molecule has 2 aliphatic heterocycles. The zero-order chi connectivity index (χ0) is 18.4. The van der Waals surface area contributed by atoms with Crippen LogP contribution in [0.3, 0.4) is 0 Å². The first kappa shape index (κ1) is 16.7. The van der Waals surface area contributed by atoms with E-state index in [0.29, 0.717) is 17.1 Å². The molecular formula is C20H18ClN3O2. The van der Waals surface area contributed by atoms with Crippen LogP contribution in [0.25, 0.3) is 0 Å². The van der Waals surface area contributed by atoms with E-state index in [-0.39, 0.29) is 11.9 Å². The largest absolute Gasteiger partial charge is 0.327 e. The zero-order valence-corrected chi connectivity index (χ0v) is 15.2. The van der Waals surface area contributed by atoms with Crippen molar-refractivity contribution in [3.8, 4) is 0 Å². The summed E-state index contributed by atoms with van der Waals surface area (Å²) in [6.45, 7) is 2.35. The van der Waals surface area contributed by atoms with Crippen LogP contribution in [0, 0.1) is 6.92 Å². The third-order valence-corrected chi connectivity index (χ3v) is 5.13. The average molecular weight is 368 g/mol. The predicted molar refractivity (Wildman–Crippen MR) is 101 cm³/mol. The fourth-order valence-corrected chi connectivity index (χ4v) is 3.61. The van der Waals surface area contributed by atoms with Gasteiger partial charge in [0.15, 0.2) is 0 Å². The summed E-state index contributed by atoms with van der Waals surface area (Å²) < 4.78 is 0. The summed E-state index contributed by atoms with van der Waals surface area (Å²) in [7, 11) is 1.69. The Labute approximate surface area is 156 Å². The minimum atomic E-state index is -0.453. The van der Waals surface area contributed by atoms with E-state index in [9.17, 15) is 9.59 Å². The zero-order valence-electron chi connectivity index (χ0n) is 14.5. The number of amides is 3. The molecule has 2 aromatic rings. The van der Waals surface area contributed by atoms with E-state index in [1.807, 2.05) is 43.3 Å². The summed E-state index contributed by atoms with van der Waals surface area (Å²) in [5, 5.41) is 3.51.